The molecule has 45 valence electrons. The van der Waals surface area contributed by atoms with Crippen molar-refractivity contribution >= 4 is 0 Å². The fourth-order valence-electron chi connectivity index (χ4n) is 0.974. The molecule has 1 atom stereocenters. The monoisotopic (exact) mass is 187 g/mol. The maximum Gasteiger partial charge on any atom is 0 e. The molecule has 1 radical (unpaired) electrons. The Bertz CT molecular complexity index is 50.5. The Balaban J connectivity index is 0.000000490. The first kappa shape index (κ1) is 9.06. The summed E-state index contributed by atoms with van der Waals surface area (Å²) in [4.78, 5) is 0. The van der Waals surface area contributed by atoms with Gasteiger partial charge in [-0.15, -0.1) is 0 Å². The van der Waals surface area contributed by atoms with E-state index >= 15 is 0 Å². The molecule has 1 fully saturated rings. The largest absolute Gasteiger partial charge is 0.330 e. The molecule has 0 saturated heterocycles. The smallest absolute Gasteiger partial charge is 0 e. The van der Waals surface area contributed by atoms with Crippen LogP contribution < -0.4 is 5.73 Å². The van der Waals surface area contributed by atoms with E-state index in [9.17, 15) is 0 Å². The topological polar surface area (TPSA) is 26.0 Å². The van der Waals surface area contributed by atoms with Gasteiger partial charge in [0.2, 0.25) is 0 Å². The average molecular weight is 187 g/mol. The van der Waals surface area contributed by atoms with E-state index in [4.69, 9.17) is 5.73 Å². The summed E-state index contributed by atoms with van der Waals surface area (Å²) in [6.45, 7) is 0. The van der Waals surface area contributed by atoms with Crippen molar-refractivity contribution in [3.8, 4) is 0 Å². The Morgan fingerprint density at radius 2 is 2.25 bits per heavy atom. The molecule has 0 aromatic heterocycles. The van der Waals surface area contributed by atoms with Crippen LogP contribution in [0.3, 0.4) is 0 Å². The molecule has 1 saturated carbocycles. The molecule has 0 aliphatic heterocycles. The van der Waals surface area contributed by atoms with Crippen molar-refractivity contribution in [3.63, 3.8) is 0 Å². The zero-order valence-corrected chi connectivity index (χ0v) is 7.98. The molecule has 0 heterocycles. The maximum atomic E-state index is 5.60. The first-order valence-electron chi connectivity index (χ1n) is 2.97. The Hall–Kier alpha value is 1.06. The average Bonchev–Trinajstić information content (AvgIpc) is 1.69. The van der Waals surface area contributed by atoms with Gasteiger partial charge >= 0.3 is 0 Å². The predicted molar refractivity (Wildman–Crippen MR) is 30.7 cm³/mol. The molecular weight excluding hydrogens is 175 g/mol. The molecular formula is C6H12NY-. The molecule has 1 aliphatic rings. The second-order valence-corrected chi connectivity index (χ2v) is 2.22. The van der Waals surface area contributed by atoms with Gasteiger partial charge in [-0.2, -0.15) is 12.8 Å². The summed E-state index contributed by atoms with van der Waals surface area (Å²) in [6.07, 6.45) is 7.25. The van der Waals surface area contributed by atoms with Gasteiger partial charge in [0.15, 0.2) is 0 Å². The van der Waals surface area contributed by atoms with Crippen LogP contribution in [0.15, 0.2) is 0 Å². The van der Waals surface area contributed by atoms with Crippen molar-refractivity contribution in [1.82, 2.24) is 0 Å². The quantitative estimate of drug-likeness (QED) is 0.564. The minimum absolute atomic E-state index is 0. The van der Waals surface area contributed by atoms with Gasteiger partial charge in [-0.05, 0) is 12.5 Å². The van der Waals surface area contributed by atoms with Crippen molar-refractivity contribution in [1.29, 1.82) is 0 Å². The Labute approximate surface area is 76.3 Å². The SMILES string of the molecule is NC1C[CH-]CCC1.[Y]. The molecule has 8 heavy (non-hydrogen) atoms. The van der Waals surface area contributed by atoms with Crippen LogP contribution in [-0.4, -0.2) is 6.04 Å². The summed E-state index contributed by atoms with van der Waals surface area (Å²) < 4.78 is 0. The molecule has 1 aliphatic carbocycles. The van der Waals surface area contributed by atoms with Gasteiger partial charge in [-0.1, -0.05) is 6.42 Å². The molecule has 0 amide bonds. The van der Waals surface area contributed by atoms with Crippen LogP contribution in [0, 0.1) is 6.42 Å². The van der Waals surface area contributed by atoms with Crippen molar-refractivity contribution in [2.45, 2.75) is 31.7 Å². The minimum atomic E-state index is 0. The van der Waals surface area contributed by atoms with E-state index in [-0.39, 0.29) is 32.7 Å². The van der Waals surface area contributed by atoms with Crippen LogP contribution in [0.5, 0.6) is 0 Å². The van der Waals surface area contributed by atoms with Gasteiger partial charge in [0.05, 0.1) is 0 Å². The fraction of sp³-hybridized carbons (Fsp3) is 0.833. The number of hydrogen-bond donors (Lipinski definition) is 1. The Morgan fingerprint density at radius 1 is 1.50 bits per heavy atom. The zero-order chi connectivity index (χ0) is 5.11. The molecule has 0 bridgehead atoms. The third-order valence-electron chi connectivity index (χ3n) is 1.45. The molecule has 1 unspecified atom stereocenters. The molecule has 2 N–H and O–H groups in total. The van der Waals surface area contributed by atoms with E-state index in [2.05, 4.69) is 6.42 Å². The van der Waals surface area contributed by atoms with Gasteiger partial charge in [-0.3, -0.25) is 0 Å². The van der Waals surface area contributed by atoms with Crippen molar-refractivity contribution in [3.05, 3.63) is 6.42 Å². The fourth-order valence-corrected chi connectivity index (χ4v) is 0.974. The molecule has 0 aromatic carbocycles. The van der Waals surface area contributed by atoms with Crippen LogP contribution in [-0.2, 0) is 32.7 Å². The van der Waals surface area contributed by atoms with Crippen LogP contribution in [0.4, 0.5) is 0 Å². The predicted octanol–water partition coefficient (Wildman–Crippen LogP) is 1.09. The van der Waals surface area contributed by atoms with Crippen LogP contribution in [0.2, 0.25) is 0 Å². The van der Waals surface area contributed by atoms with Crippen molar-refractivity contribution < 1.29 is 32.7 Å². The molecule has 2 heteroatoms. The van der Waals surface area contributed by atoms with Gasteiger partial charge in [0.25, 0.3) is 0 Å². The third-order valence-corrected chi connectivity index (χ3v) is 1.45. The van der Waals surface area contributed by atoms with E-state index in [0.29, 0.717) is 6.04 Å². The summed E-state index contributed by atoms with van der Waals surface area (Å²) >= 11 is 0. The third kappa shape index (κ3) is 3.16. The molecule has 1 nitrogen and oxygen atoms in total. The second kappa shape index (κ2) is 4.90. The van der Waals surface area contributed by atoms with E-state index in [0.717, 1.165) is 6.42 Å². The summed E-state index contributed by atoms with van der Waals surface area (Å²) in [7, 11) is 0. The summed E-state index contributed by atoms with van der Waals surface area (Å²) in [5.41, 5.74) is 5.60. The van der Waals surface area contributed by atoms with Crippen molar-refractivity contribution in [2.24, 2.45) is 5.73 Å². The van der Waals surface area contributed by atoms with E-state index < -0.39 is 0 Å². The summed E-state index contributed by atoms with van der Waals surface area (Å²) in [6, 6.07) is 0.480. The van der Waals surface area contributed by atoms with Crippen LogP contribution >= 0.6 is 0 Å². The van der Waals surface area contributed by atoms with E-state index in [1.165, 1.54) is 19.3 Å². The van der Waals surface area contributed by atoms with E-state index in [1.54, 1.807) is 0 Å². The first-order chi connectivity index (χ1) is 3.39. The van der Waals surface area contributed by atoms with Gasteiger partial charge in [0, 0.05) is 32.7 Å². The van der Waals surface area contributed by atoms with Crippen molar-refractivity contribution in [2.75, 3.05) is 0 Å². The second-order valence-electron chi connectivity index (χ2n) is 2.22. The first-order valence-corrected chi connectivity index (χ1v) is 2.97. The van der Waals surface area contributed by atoms with Gasteiger partial charge in [-0.25, -0.2) is 0 Å². The summed E-state index contributed by atoms with van der Waals surface area (Å²) in [5.74, 6) is 0. The standard InChI is InChI=1S/C6H12N.Y/c7-6-4-2-1-3-5-6;/h2,6H,1,3-5,7H2;/q-1;. The maximum absolute atomic E-state index is 5.60. The molecule has 0 aromatic rings. The number of rotatable bonds is 0. The minimum Gasteiger partial charge on any atom is -0.330 e. The molecule has 1 rings (SSSR count). The normalized spacial score (nSPS) is 28.9. The zero-order valence-electron chi connectivity index (χ0n) is 5.14. The molecule has 0 spiro atoms. The number of nitrogens with two attached hydrogens (primary N) is 1. The Kier molecular flexibility index (Phi) is 5.55. The van der Waals surface area contributed by atoms with Crippen LogP contribution in [0.25, 0.3) is 0 Å². The summed E-state index contributed by atoms with van der Waals surface area (Å²) in [5, 5.41) is 0. The Morgan fingerprint density at radius 3 is 2.50 bits per heavy atom. The van der Waals surface area contributed by atoms with Gasteiger partial charge in [0.1, 0.15) is 0 Å². The number of hydrogen-bond acceptors (Lipinski definition) is 1. The van der Waals surface area contributed by atoms with Crippen LogP contribution in [0.1, 0.15) is 25.7 Å². The van der Waals surface area contributed by atoms with E-state index in [1.807, 2.05) is 0 Å². The van der Waals surface area contributed by atoms with Gasteiger partial charge < -0.3 is 12.2 Å².